The van der Waals surface area contributed by atoms with Gasteiger partial charge in [0.25, 0.3) is 0 Å². The Morgan fingerprint density at radius 2 is 0.567 bits per heavy atom. The summed E-state index contributed by atoms with van der Waals surface area (Å²) in [5.74, 6) is -0.959. The SMILES string of the molecule is CCCC/C=C\CCCCCCCC(=O)O[C@H](COC(=O)CCC/C=C\C/C=C\C/C=C\C/C=C\CCCCC)COC(=O)CCCCCCCCCCCCC/C=C\CCCCCCCC. The largest absolute Gasteiger partial charge is 0.462 e. The van der Waals surface area contributed by atoms with Gasteiger partial charge in [0.15, 0.2) is 6.10 Å². The molecule has 386 valence electrons. The molecule has 0 heterocycles. The molecule has 0 amide bonds. The smallest absolute Gasteiger partial charge is 0.306 e. The Morgan fingerprint density at radius 1 is 0.299 bits per heavy atom. The molecular formula is C61H106O6. The van der Waals surface area contributed by atoms with E-state index in [4.69, 9.17) is 14.2 Å². The molecule has 0 fully saturated rings. The normalized spacial score (nSPS) is 12.6. The third kappa shape index (κ3) is 53.7. The van der Waals surface area contributed by atoms with Crippen LogP contribution in [0.3, 0.4) is 0 Å². The maximum absolute atomic E-state index is 12.8. The van der Waals surface area contributed by atoms with Crippen LogP contribution >= 0.6 is 0 Å². The molecule has 0 aliphatic carbocycles. The maximum atomic E-state index is 12.8. The minimum atomic E-state index is -0.801. The average Bonchev–Trinajstić information content (AvgIpc) is 3.33. The summed E-state index contributed by atoms with van der Waals surface area (Å²) in [4.78, 5) is 38.0. The van der Waals surface area contributed by atoms with Gasteiger partial charge in [0, 0.05) is 19.3 Å². The van der Waals surface area contributed by atoms with Gasteiger partial charge in [-0.05, 0) is 103 Å². The highest BCUT2D eigenvalue weighted by Crippen LogP contribution is 2.15. The van der Waals surface area contributed by atoms with Crippen molar-refractivity contribution in [3.63, 3.8) is 0 Å². The van der Waals surface area contributed by atoms with E-state index in [0.717, 1.165) is 77.0 Å². The minimum absolute atomic E-state index is 0.0954. The van der Waals surface area contributed by atoms with Crippen molar-refractivity contribution in [2.75, 3.05) is 13.2 Å². The van der Waals surface area contributed by atoms with Crippen LogP contribution in [0.25, 0.3) is 0 Å². The van der Waals surface area contributed by atoms with Crippen LogP contribution in [0.2, 0.25) is 0 Å². The maximum Gasteiger partial charge on any atom is 0.306 e. The molecule has 67 heavy (non-hydrogen) atoms. The predicted octanol–water partition coefficient (Wildman–Crippen LogP) is 19.0. The van der Waals surface area contributed by atoms with Crippen molar-refractivity contribution in [3.8, 4) is 0 Å². The van der Waals surface area contributed by atoms with Gasteiger partial charge in [-0.2, -0.15) is 0 Å². The van der Waals surface area contributed by atoms with Crippen molar-refractivity contribution in [3.05, 3.63) is 72.9 Å². The number of esters is 3. The van der Waals surface area contributed by atoms with E-state index in [9.17, 15) is 14.4 Å². The zero-order valence-corrected chi connectivity index (χ0v) is 44.2. The van der Waals surface area contributed by atoms with Gasteiger partial charge < -0.3 is 14.2 Å². The van der Waals surface area contributed by atoms with E-state index >= 15 is 0 Å². The Balaban J connectivity index is 4.36. The van der Waals surface area contributed by atoms with Gasteiger partial charge in [-0.3, -0.25) is 14.4 Å². The van der Waals surface area contributed by atoms with Gasteiger partial charge in [0.05, 0.1) is 0 Å². The van der Waals surface area contributed by atoms with Gasteiger partial charge in [-0.15, -0.1) is 0 Å². The van der Waals surface area contributed by atoms with Crippen molar-refractivity contribution in [1.29, 1.82) is 0 Å². The van der Waals surface area contributed by atoms with Crippen LogP contribution < -0.4 is 0 Å². The average molecular weight is 936 g/mol. The van der Waals surface area contributed by atoms with Crippen LogP contribution in [-0.2, 0) is 28.6 Å². The molecule has 0 rings (SSSR count). The summed E-state index contributed by atoms with van der Waals surface area (Å²) < 4.78 is 16.8. The first-order valence-electron chi connectivity index (χ1n) is 28.4. The first-order valence-corrected chi connectivity index (χ1v) is 28.4. The van der Waals surface area contributed by atoms with E-state index in [2.05, 4.69) is 93.7 Å². The third-order valence-electron chi connectivity index (χ3n) is 12.2. The number of rotatable bonds is 51. The Bertz CT molecular complexity index is 1260. The first-order chi connectivity index (χ1) is 33.0. The molecule has 1 atom stereocenters. The molecular weight excluding hydrogens is 829 g/mol. The molecule has 0 bridgehead atoms. The van der Waals surface area contributed by atoms with E-state index in [1.165, 1.54) is 154 Å². The van der Waals surface area contributed by atoms with E-state index in [1.807, 2.05) is 0 Å². The molecule has 6 heteroatoms. The fraction of sp³-hybridized carbons (Fsp3) is 0.754. The minimum Gasteiger partial charge on any atom is -0.462 e. The lowest BCUT2D eigenvalue weighted by Gasteiger charge is -2.18. The molecule has 0 aliphatic heterocycles. The van der Waals surface area contributed by atoms with Crippen LogP contribution in [0.1, 0.15) is 278 Å². The Kier molecular flexibility index (Phi) is 52.8. The van der Waals surface area contributed by atoms with E-state index in [-0.39, 0.29) is 37.5 Å². The summed E-state index contributed by atoms with van der Waals surface area (Å²) in [6.45, 7) is 6.53. The quantitative estimate of drug-likeness (QED) is 0.0262. The number of unbranched alkanes of at least 4 members (excludes halogenated alkanes) is 28. The summed E-state index contributed by atoms with van der Waals surface area (Å²) in [7, 11) is 0. The van der Waals surface area contributed by atoms with Gasteiger partial charge in [-0.1, -0.05) is 229 Å². The van der Waals surface area contributed by atoms with Crippen LogP contribution in [0.15, 0.2) is 72.9 Å². The summed E-state index contributed by atoms with van der Waals surface area (Å²) in [6.07, 6.45) is 70.4. The lowest BCUT2D eigenvalue weighted by molar-refractivity contribution is -0.167. The third-order valence-corrected chi connectivity index (χ3v) is 12.2. The van der Waals surface area contributed by atoms with Gasteiger partial charge in [0.2, 0.25) is 0 Å². The lowest BCUT2D eigenvalue weighted by atomic mass is 10.0. The topological polar surface area (TPSA) is 78.9 Å². The second kappa shape index (κ2) is 55.4. The first kappa shape index (κ1) is 63.8. The molecule has 0 aromatic carbocycles. The van der Waals surface area contributed by atoms with Crippen LogP contribution in [0.5, 0.6) is 0 Å². The molecule has 0 saturated heterocycles. The molecule has 0 aliphatic rings. The van der Waals surface area contributed by atoms with Crippen LogP contribution in [0.4, 0.5) is 0 Å². The summed E-state index contributed by atoms with van der Waals surface area (Å²) >= 11 is 0. The highest BCUT2D eigenvalue weighted by Gasteiger charge is 2.19. The lowest BCUT2D eigenvalue weighted by Crippen LogP contribution is -2.30. The van der Waals surface area contributed by atoms with E-state index in [1.54, 1.807) is 0 Å². The number of hydrogen-bond acceptors (Lipinski definition) is 6. The number of allylic oxidation sites excluding steroid dienone is 12. The van der Waals surface area contributed by atoms with Gasteiger partial charge in [0.1, 0.15) is 13.2 Å². The summed E-state index contributed by atoms with van der Waals surface area (Å²) in [5, 5.41) is 0. The summed E-state index contributed by atoms with van der Waals surface area (Å²) in [5.41, 5.74) is 0. The van der Waals surface area contributed by atoms with Crippen molar-refractivity contribution in [1.82, 2.24) is 0 Å². The zero-order valence-electron chi connectivity index (χ0n) is 44.2. The van der Waals surface area contributed by atoms with E-state index in [0.29, 0.717) is 19.3 Å². The van der Waals surface area contributed by atoms with E-state index < -0.39 is 6.10 Å². The van der Waals surface area contributed by atoms with Crippen molar-refractivity contribution < 1.29 is 28.6 Å². The Morgan fingerprint density at radius 3 is 0.985 bits per heavy atom. The van der Waals surface area contributed by atoms with Crippen LogP contribution in [-0.4, -0.2) is 37.2 Å². The fourth-order valence-corrected chi connectivity index (χ4v) is 7.82. The molecule has 0 spiro atoms. The molecule has 0 unspecified atom stereocenters. The van der Waals surface area contributed by atoms with Crippen molar-refractivity contribution in [2.24, 2.45) is 0 Å². The second-order valence-corrected chi connectivity index (χ2v) is 18.8. The second-order valence-electron chi connectivity index (χ2n) is 18.8. The highest BCUT2D eigenvalue weighted by atomic mass is 16.6. The van der Waals surface area contributed by atoms with Crippen molar-refractivity contribution >= 4 is 17.9 Å². The molecule has 0 saturated carbocycles. The Hall–Kier alpha value is -3.15. The van der Waals surface area contributed by atoms with Gasteiger partial charge >= 0.3 is 17.9 Å². The molecule has 0 aromatic rings. The van der Waals surface area contributed by atoms with Crippen LogP contribution in [0, 0.1) is 0 Å². The number of carbonyl (C=O) groups excluding carboxylic acids is 3. The molecule has 0 aromatic heterocycles. The fourth-order valence-electron chi connectivity index (χ4n) is 7.82. The van der Waals surface area contributed by atoms with Gasteiger partial charge in [-0.25, -0.2) is 0 Å². The monoisotopic (exact) mass is 935 g/mol. The predicted molar refractivity (Wildman–Crippen MR) is 288 cm³/mol. The standard InChI is InChI=1S/C61H106O6/c1-4-7-10-13-16-19-22-24-26-28-29-30-31-33-35-37-40-42-45-48-51-54-60(63)66-57-58(67-61(64)55-52-49-46-43-38-21-18-15-12-9-6-3)56-65-59(62)53-50-47-44-41-39-36-34-32-27-25-23-20-17-14-11-8-5-2/h15,17-18,20,24-27,34,36,41,44,58H,4-14,16,19,21-23,28-33,35,37-40,42-43,45-57H2,1-3H3/b18-15-,20-17-,26-24-,27-25-,36-34-,44-41-/t58-/m1/s1. The number of hydrogen-bond donors (Lipinski definition) is 0. The Labute approximate surface area is 414 Å². The highest BCUT2D eigenvalue weighted by molar-refractivity contribution is 5.71. The molecule has 0 radical (unpaired) electrons. The zero-order chi connectivity index (χ0) is 48.6. The number of ether oxygens (including phenoxy) is 3. The summed E-state index contributed by atoms with van der Waals surface area (Å²) in [6, 6.07) is 0. The number of carbonyl (C=O) groups is 3. The molecule has 6 nitrogen and oxygen atoms in total. The molecule has 0 N–H and O–H groups in total. The van der Waals surface area contributed by atoms with Crippen molar-refractivity contribution in [2.45, 2.75) is 284 Å².